The molecule has 0 radical (unpaired) electrons. The summed E-state index contributed by atoms with van der Waals surface area (Å²) in [5, 5.41) is 13.8. The number of hydrogen-bond acceptors (Lipinski definition) is 3. The van der Waals surface area contributed by atoms with Crippen LogP contribution < -0.4 is 10.1 Å². The van der Waals surface area contributed by atoms with Gasteiger partial charge in [0.05, 0.1) is 14.5 Å². The topological polar surface area (TPSA) is 41.5 Å². The Labute approximate surface area is 143 Å². The van der Waals surface area contributed by atoms with Crippen LogP contribution >= 0.6 is 31.9 Å². The van der Waals surface area contributed by atoms with Crippen LogP contribution in [0.25, 0.3) is 0 Å². The lowest BCUT2D eigenvalue weighted by Crippen LogP contribution is -2.32. The van der Waals surface area contributed by atoms with Crippen molar-refractivity contribution in [1.29, 1.82) is 0 Å². The molecule has 3 nitrogen and oxygen atoms in total. The molecule has 2 N–H and O–H groups in total. The van der Waals surface area contributed by atoms with Gasteiger partial charge in [-0.15, -0.1) is 0 Å². The monoisotopic (exact) mass is 419 g/mol. The summed E-state index contributed by atoms with van der Waals surface area (Å²) in [5.41, 5.74) is 0.550. The Morgan fingerprint density at radius 3 is 2.43 bits per heavy atom. The maximum absolute atomic E-state index is 10.4. The van der Waals surface area contributed by atoms with E-state index in [9.17, 15) is 5.11 Å². The molecule has 2 rings (SSSR count). The number of aliphatic hydroxyl groups is 1. The van der Waals surface area contributed by atoms with E-state index >= 15 is 0 Å². The van der Waals surface area contributed by atoms with Crippen molar-refractivity contribution in [2.45, 2.75) is 51.2 Å². The molecule has 1 aromatic rings. The molecule has 21 heavy (non-hydrogen) atoms. The summed E-state index contributed by atoms with van der Waals surface area (Å²) < 4.78 is 7.72. The van der Waals surface area contributed by atoms with E-state index in [1.807, 2.05) is 0 Å². The second-order valence-electron chi connectivity index (χ2n) is 5.79. The van der Waals surface area contributed by atoms with E-state index in [2.05, 4.69) is 56.2 Å². The lowest BCUT2D eigenvalue weighted by molar-refractivity contribution is 0.000948. The highest BCUT2D eigenvalue weighted by atomic mass is 79.9. The smallest absolute Gasteiger partial charge is 0.147 e. The van der Waals surface area contributed by atoms with E-state index < -0.39 is 5.60 Å². The predicted molar refractivity (Wildman–Crippen MR) is 92.8 cm³/mol. The first-order valence-electron chi connectivity index (χ1n) is 7.58. The molecule has 0 aromatic heterocycles. The summed E-state index contributed by atoms with van der Waals surface area (Å²) in [4.78, 5) is 0. The van der Waals surface area contributed by atoms with Crippen molar-refractivity contribution in [3.8, 4) is 5.75 Å². The molecule has 0 aliphatic heterocycles. The Hall–Kier alpha value is -0.100. The van der Waals surface area contributed by atoms with E-state index in [0.29, 0.717) is 6.61 Å². The van der Waals surface area contributed by atoms with Crippen molar-refractivity contribution in [3.63, 3.8) is 0 Å². The van der Waals surface area contributed by atoms with Crippen LogP contribution in [-0.4, -0.2) is 23.9 Å². The molecule has 0 amide bonds. The van der Waals surface area contributed by atoms with Crippen LogP contribution in [0.5, 0.6) is 5.75 Å². The Balaban J connectivity index is 1.99. The first-order chi connectivity index (χ1) is 10.0. The fraction of sp³-hybridized carbons (Fsp3) is 0.625. The molecule has 1 aliphatic carbocycles. The van der Waals surface area contributed by atoms with Gasteiger partial charge in [-0.2, -0.15) is 0 Å². The minimum Gasteiger partial charge on any atom is -0.488 e. The maximum atomic E-state index is 10.4. The number of ether oxygens (including phenoxy) is 1. The molecule has 1 saturated carbocycles. The van der Waals surface area contributed by atoms with Gasteiger partial charge in [-0.1, -0.05) is 19.8 Å². The highest BCUT2D eigenvalue weighted by Gasteiger charge is 2.32. The molecule has 0 unspecified atom stereocenters. The van der Waals surface area contributed by atoms with Crippen LogP contribution in [-0.2, 0) is 6.54 Å². The Morgan fingerprint density at radius 1 is 1.24 bits per heavy atom. The van der Waals surface area contributed by atoms with Crippen LogP contribution in [0.3, 0.4) is 0 Å². The summed E-state index contributed by atoms with van der Waals surface area (Å²) in [6.07, 6.45) is 4.97. The van der Waals surface area contributed by atoms with Crippen LogP contribution in [0.2, 0.25) is 0 Å². The Kier molecular flexibility index (Phi) is 6.53. The fourth-order valence-electron chi connectivity index (χ4n) is 2.65. The number of halogens is 2. The SMILES string of the molecule is CCCNCc1cc(Br)c(OCC2(O)CCCC2)c(Br)c1. The van der Waals surface area contributed by atoms with Crippen molar-refractivity contribution in [1.82, 2.24) is 5.32 Å². The van der Waals surface area contributed by atoms with Crippen molar-refractivity contribution in [3.05, 3.63) is 26.6 Å². The number of benzene rings is 1. The second-order valence-corrected chi connectivity index (χ2v) is 7.49. The van der Waals surface area contributed by atoms with E-state index in [0.717, 1.165) is 59.9 Å². The normalized spacial score (nSPS) is 17.1. The van der Waals surface area contributed by atoms with E-state index in [1.54, 1.807) is 0 Å². The summed E-state index contributed by atoms with van der Waals surface area (Å²) in [6, 6.07) is 4.14. The highest BCUT2D eigenvalue weighted by molar-refractivity contribution is 9.11. The van der Waals surface area contributed by atoms with Crippen molar-refractivity contribution >= 4 is 31.9 Å². The van der Waals surface area contributed by atoms with E-state index in [1.165, 1.54) is 5.56 Å². The van der Waals surface area contributed by atoms with Gasteiger partial charge >= 0.3 is 0 Å². The van der Waals surface area contributed by atoms with Crippen molar-refractivity contribution in [2.24, 2.45) is 0 Å². The third-order valence-corrected chi connectivity index (χ3v) is 5.01. The Bertz CT molecular complexity index is 450. The van der Waals surface area contributed by atoms with Gasteiger partial charge in [-0.25, -0.2) is 0 Å². The standard InChI is InChI=1S/C16H23Br2NO2/c1-2-7-19-10-12-8-13(17)15(14(18)9-12)21-11-16(20)5-3-4-6-16/h8-9,19-20H,2-7,10-11H2,1H3. The minimum absolute atomic E-state index is 0.359. The number of hydrogen-bond donors (Lipinski definition) is 2. The van der Waals surface area contributed by atoms with Gasteiger partial charge in [0.1, 0.15) is 12.4 Å². The minimum atomic E-state index is -0.653. The first kappa shape index (κ1) is 17.3. The molecule has 0 heterocycles. The van der Waals surface area contributed by atoms with E-state index in [-0.39, 0.29) is 0 Å². The number of rotatable bonds is 7. The van der Waals surface area contributed by atoms with Crippen molar-refractivity contribution < 1.29 is 9.84 Å². The van der Waals surface area contributed by atoms with Crippen LogP contribution in [0.15, 0.2) is 21.1 Å². The van der Waals surface area contributed by atoms with Crippen LogP contribution in [0, 0.1) is 0 Å². The van der Waals surface area contributed by atoms with Gasteiger partial charge in [0, 0.05) is 6.54 Å². The zero-order valence-electron chi connectivity index (χ0n) is 12.4. The lowest BCUT2D eigenvalue weighted by Gasteiger charge is -2.23. The van der Waals surface area contributed by atoms with E-state index in [4.69, 9.17) is 4.74 Å². The molecule has 0 spiro atoms. The summed E-state index contributed by atoms with van der Waals surface area (Å²) >= 11 is 7.14. The predicted octanol–water partition coefficient (Wildman–Crippen LogP) is 4.40. The van der Waals surface area contributed by atoms with Crippen molar-refractivity contribution in [2.75, 3.05) is 13.2 Å². The molecule has 118 valence electrons. The molecule has 0 atom stereocenters. The molecular formula is C16H23Br2NO2. The summed E-state index contributed by atoms with van der Waals surface area (Å²) in [7, 11) is 0. The third-order valence-electron chi connectivity index (χ3n) is 3.83. The molecule has 0 bridgehead atoms. The molecule has 1 aromatic carbocycles. The molecule has 1 aliphatic rings. The van der Waals surface area contributed by atoms with Gasteiger partial charge in [-0.05, 0) is 75.4 Å². The van der Waals surface area contributed by atoms with Gasteiger partial charge < -0.3 is 15.2 Å². The lowest BCUT2D eigenvalue weighted by atomic mass is 10.0. The first-order valence-corrected chi connectivity index (χ1v) is 9.16. The summed E-state index contributed by atoms with van der Waals surface area (Å²) in [6.45, 7) is 4.37. The quantitative estimate of drug-likeness (QED) is 0.642. The molecule has 1 fully saturated rings. The highest BCUT2D eigenvalue weighted by Crippen LogP contribution is 2.37. The maximum Gasteiger partial charge on any atom is 0.147 e. The molecular weight excluding hydrogens is 398 g/mol. The van der Waals surface area contributed by atoms with Crippen LogP contribution in [0.4, 0.5) is 0 Å². The zero-order chi connectivity index (χ0) is 15.3. The Morgan fingerprint density at radius 2 is 1.86 bits per heavy atom. The second kappa shape index (κ2) is 7.95. The van der Waals surface area contributed by atoms with Gasteiger partial charge in [-0.3, -0.25) is 0 Å². The fourth-order valence-corrected chi connectivity index (χ4v) is 4.16. The van der Waals surface area contributed by atoms with Gasteiger partial charge in [0.25, 0.3) is 0 Å². The van der Waals surface area contributed by atoms with Crippen LogP contribution in [0.1, 0.15) is 44.6 Å². The molecule has 5 heteroatoms. The third kappa shape index (κ3) is 4.95. The number of nitrogens with one attached hydrogen (secondary N) is 1. The summed E-state index contributed by atoms with van der Waals surface area (Å²) in [5.74, 6) is 0.773. The van der Waals surface area contributed by atoms with Gasteiger partial charge in [0.2, 0.25) is 0 Å². The van der Waals surface area contributed by atoms with Gasteiger partial charge in [0.15, 0.2) is 0 Å². The average Bonchev–Trinajstić information content (AvgIpc) is 2.85. The average molecular weight is 421 g/mol. The zero-order valence-corrected chi connectivity index (χ0v) is 15.6. The largest absolute Gasteiger partial charge is 0.488 e. The molecule has 0 saturated heterocycles.